The smallest absolute Gasteiger partial charge is 0.344 e. The standard InChI is InChI=1S/C28H42O4.C24H38O4.C21H34O4.C20H32O4.C15H26O4.C14H24O4/c1-4-26(2,3)24(29)32-28(22-9-17-5-18(11-22)12-23(28)10-17)16-31-25(30)27-13-19-6-20(14-27)8-21(7-19)15-27;1-4-22(2,3)20(25)28-24(8-6-5-7-9-24)16-27-21(26)23-13-17-10-18(14-23)12-19(11-17)15-23;1-6-20(4,5)19(23)24-12-18(22)25-21(13(2)3)16-8-14-7-15(10-16)11-17(21)9-14;1-5-19(3,4)18(22)23-12-17(21)24-20(6-2)15-8-13-7-14(10-15)11-16(20)9-13;1-5-14(3,4)13(17)18-11-12(16)19-15(6-2)9-7-8-10-15;1-5-13(2,3)12(16)17-10-11(15)18-14(4)8-6-7-9-14/h17-23H,4-16H2,1-3H3;17-19H,4-16H2,1-3H3;13-17H,6-12H2,1-5H3;13-16H,5-12H2,1-4H3;5-11H2,1-4H3;5-10H2,1-4H3. The van der Waals surface area contributed by atoms with Crippen LogP contribution >= 0.6 is 0 Å². The molecule has 0 aromatic rings. The Morgan fingerprint density at radius 2 is 0.514 bits per heavy atom. The Bertz CT molecular complexity index is 4350. The molecule has 23 rings (SSSR count). The maximum atomic E-state index is 13.7. The number of hydrogen-bond acceptors (Lipinski definition) is 24. The van der Waals surface area contributed by atoms with Crippen LogP contribution in [0.5, 0.6) is 0 Å². The van der Waals surface area contributed by atoms with E-state index in [0.717, 1.165) is 238 Å². The van der Waals surface area contributed by atoms with E-state index in [9.17, 15) is 57.5 Å². The van der Waals surface area contributed by atoms with Crippen molar-refractivity contribution in [3.8, 4) is 0 Å². The molecule has 0 N–H and O–H groups in total. The van der Waals surface area contributed by atoms with Crippen LogP contribution in [-0.4, -0.2) is 145 Å². The predicted octanol–water partition coefficient (Wildman–Crippen LogP) is 25.9. The number of carbonyl (C=O) groups is 12. The van der Waals surface area contributed by atoms with Gasteiger partial charge in [-0.2, -0.15) is 0 Å². The molecule has 0 saturated heterocycles. The lowest BCUT2D eigenvalue weighted by Gasteiger charge is -2.61. The van der Waals surface area contributed by atoms with Crippen molar-refractivity contribution in [2.75, 3.05) is 39.6 Å². The molecule has 0 spiro atoms. The Labute approximate surface area is 877 Å². The molecule has 23 saturated carbocycles. The molecule has 0 amide bonds. The molecule has 24 heteroatoms. The summed E-state index contributed by atoms with van der Waals surface area (Å²) < 4.78 is 68.5. The fourth-order valence-electron chi connectivity index (χ4n) is 31.8. The van der Waals surface area contributed by atoms with E-state index in [4.69, 9.17) is 56.8 Å². The summed E-state index contributed by atoms with van der Waals surface area (Å²) in [6.07, 6.45) is 51.2. The molecule has 0 aromatic heterocycles. The first-order chi connectivity index (χ1) is 68.6. The molecule has 0 atom stereocenters. The number of rotatable bonds is 35. The van der Waals surface area contributed by atoms with Gasteiger partial charge in [-0.05, 0) is 492 Å². The van der Waals surface area contributed by atoms with E-state index in [2.05, 4.69) is 27.7 Å². The summed E-state index contributed by atoms with van der Waals surface area (Å²) in [6, 6.07) is 0. The quantitative estimate of drug-likeness (QED) is 0.0420. The highest BCUT2D eigenvalue weighted by Gasteiger charge is 2.66. The second-order valence-corrected chi connectivity index (χ2v) is 55.3. The van der Waals surface area contributed by atoms with E-state index < -0.39 is 55.6 Å². The third-order valence-electron chi connectivity index (χ3n) is 42.1. The molecule has 0 unspecified atom stereocenters. The van der Waals surface area contributed by atoms with Gasteiger partial charge in [0.1, 0.15) is 41.2 Å². The molecule has 0 heterocycles. The summed E-state index contributed by atoms with van der Waals surface area (Å²) in [5.41, 5.74) is -6.19. The summed E-state index contributed by atoms with van der Waals surface area (Å²) in [5.74, 6) is 9.10. The van der Waals surface area contributed by atoms with Crippen LogP contribution in [0.2, 0.25) is 0 Å². The monoisotopic (exact) mass is 2050 g/mol. The first-order valence-electron chi connectivity index (χ1n) is 59.0. The van der Waals surface area contributed by atoms with Gasteiger partial charge in [0, 0.05) is 11.8 Å². The van der Waals surface area contributed by atoms with Gasteiger partial charge in [-0.3, -0.25) is 38.4 Å². The molecule has 146 heavy (non-hydrogen) atoms. The van der Waals surface area contributed by atoms with Crippen LogP contribution in [0.15, 0.2) is 0 Å². The average Bonchev–Trinajstić information content (AvgIpc) is 0.738. The van der Waals surface area contributed by atoms with Crippen molar-refractivity contribution in [2.45, 2.75) is 501 Å². The molecular weight excluding hydrogens is 1850 g/mol. The Morgan fingerprint density at radius 3 is 0.829 bits per heavy atom. The predicted molar refractivity (Wildman–Crippen MR) is 557 cm³/mol. The second kappa shape index (κ2) is 46.9. The zero-order chi connectivity index (χ0) is 107. The largest absolute Gasteiger partial charge is 0.461 e. The van der Waals surface area contributed by atoms with Crippen molar-refractivity contribution in [3.63, 3.8) is 0 Å². The van der Waals surface area contributed by atoms with Crippen molar-refractivity contribution in [1.82, 2.24) is 0 Å². The summed E-state index contributed by atoms with van der Waals surface area (Å²) in [6.45, 7) is 44.2. The van der Waals surface area contributed by atoms with E-state index in [1.165, 1.54) is 116 Å². The lowest BCUT2D eigenvalue weighted by atomic mass is 9.47. The van der Waals surface area contributed by atoms with Gasteiger partial charge in [-0.1, -0.05) is 75.7 Å². The topological polar surface area (TPSA) is 316 Å². The third kappa shape index (κ3) is 26.5. The molecule has 0 radical (unpaired) electrons. The summed E-state index contributed by atoms with van der Waals surface area (Å²) in [4.78, 5) is 149. The van der Waals surface area contributed by atoms with Gasteiger partial charge in [0.15, 0.2) is 32.0 Å². The molecule has 23 aliphatic rings. The van der Waals surface area contributed by atoms with E-state index in [1.54, 1.807) is 13.8 Å². The summed E-state index contributed by atoms with van der Waals surface area (Å²) in [7, 11) is 0. The van der Waals surface area contributed by atoms with Gasteiger partial charge in [-0.25, -0.2) is 19.2 Å². The van der Waals surface area contributed by atoms with Crippen molar-refractivity contribution in [1.29, 1.82) is 0 Å². The van der Waals surface area contributed by atoms with Gasteiger partial charge in [-0.15, -0.1) is 0 Å². The van der Waals surface area contributed by atoms with Crippen LogP contribution in [0.25, 0.3) is 0 Å². The maximum Gasteiger partial charge on any atom is 0.344 e. The van der Waals surface area contributed by atoms with Gasteiger partial charge < -0.3 is 56.8 Å². The fourth-order valence-corrected chi connectivity index (χ4v) is 31.8. The van der Waals surface area contributed by atoms with Gasteiger partial charge in [0.05, 0.1) is 43.3 Å². The highest BCUT2D eigenvalue weighted by Crippen LogP contribution is 2.67. The van der Waals surface area contributed by atoms with E-state index >= 15 is 0 Å². The molecule has 20 bridgehead atoms. The molecule has 23 fully saturated rings. The maximum absolute atomic E-state index is 13.7. The highest BCUT2D eigenvalue weighted by atomic mass is 16.6. The first-order valence-corrected chi connectivity index (χ1v) is 59.0. The van der Waals surface area contributed by atoms with Crippen LogP contribution in [0.1, 0.15) is 467 Å². The zero-order valence-corrected chi connectivity index (χ0v) is 95.0. The van der Waals surface area contributed by atoms with Crippen LogP contribution in [-0.2, 0) is 114 Å². The summed E-state index contributed by atoms with van der Waals surface area (Å²) >= 11 is 0. The first kappa shape index (κ1) is 117. The molecule has 0 aromatic carbocycles. The fraction of sp³-hybridized carbons (Fsp3) is 0.902. The van der Waals surface area contributed by atoms with Crippen molar-refractivity contribution >= 4 is 71.6 Å². The van der Waals surface area contributed by atoms with E-state index in [0.29, 0.717) is 73.7 Å². The molecular formula is C122H196O24. The number of hydrogen-bond donors (Lipinski definition) is 0. The normalized spacial score (nSPS) is 34.5. The molecule has 0 aliphatic heterocycles. The second-order valence-electron chi connectivity index (χ2n) is 55.3. The van der Waals surface area contributed by atoms with Crippen molar-refractivity contribution < 1.29 is 114 Å². The third-order valence-corrected chi connectivity index (χ3v) is 42.1. The number of carbonyl (C=O) groups excluding carboxylic acids is 12. The Hall–Kier alpha value is -6.36. The lowest BCUT2D eigenvalue weighted by Crippen LogP contribution is -2.63. The minimum absolute atomic E-state index is 0.00218. The van der Waals surface area contributed by atoms with Crippen LogP contribution in [0.4, 0.5) is 0 Å². The molecule has 828 valence electrons. The summed E-state index contributed by atoms with van der Waals surface area (Å²) in [5, 5.41) is 0. The SMILES string of the molecule is CCC(C)(C)C(=O)OC1(COC(=O)C23CC4CC(CC(C4)C2)C3)C2CC3CC(C2)CC1C3.CCC(C)(C)C(=O)OC1(COC(=O)C23CC4CC(CC(C4)C2)C3)CCCCC1.CCC(C)(C)C(=O)OCC(=O)OC1(C(C)C)C2CC3CC(C2)CC1C3.CCC(C)(C)C(=O)OCC(=O)OC1(C)CCCC1.CCC(C)(C)C(=O)OCC(=O)OC1(CC)C2CC3CC(C2)CC1C3.CCC1(OC(=O)COC(=O)C(C)(C)CC)CCCC1. The average molecular weight is 2050 g/mol. The number of ether oxygens (including phenoxy) is 12. The highest BCUT2D eigenvalue weighted by molar-refractivity contribution is 5.84. The van der Waals surface area contributed by atoms with Gasteiger partial charge in [0.25, 0.3) is 0 Å². The van der Waals surface area contributed by atoms with Gasteiger partial charge >= 0.3 is 71.6 Å². The van der Waals surface area contributed by atoms with E-state index in [1.807, 2.05) is 118 Å². The van der Waals surface area contributed by atoms with Crippen LogP contribution in [0, 0.1) is 156 Å². The van der Waals surface area contributed by atoms with Crippen molar-refractivity contribution in [2.24, 2.45) is 156 Å². The Kier molecular flexibility index (Phi) is 37.5. The minimum atomic E-state index is -0.611. The minimum Gasteiger partial charge on any atom is -0.461 e. The zero-order valence-electron chi connectivity index (χ0n) is 95.0. The van der Waals surface area contributed by atoms with Gasteiger partial charge in [0.2, 0.25) is 0 Å². The van der Waals surface area contributed by atoms with Crippen LogP contribution in [0.3, 0.4) is 0 Å². The van der Waals surface area contributed by atoms with E-state index in [-0.39, 0.29) is 126 Å². The Balaban J connectivity index is 0.000000148. The van der Waals surface area contributed by atoms with Crippen molar-refractivity contribution in [3.05, 3.63) is 0 Å². The Morgan fingerprint density at radius 1 is 0.253 bits per heavy atom. The lowest BCUT2D eigenvalue weighted by molar-refractivity contribution is -0.236. The molecule has 24 nitrogen and oxygen atoms in total. The molecule has 23 aliphatic carbocycles. The van der Waals surface area contributed by atoms with Crippen LogP contribution < -0.4 is 0 Å². The number of esters is 12.